The number of allylic oxidation sites excluding steroid dienone is 6. The van der Waals surface area contributed by atoms with Crippen LogP contribution in [0.2, 0.25) is 0 Å². The number of rotatable bonds is 8. The molecule has 0 spiro atoms. The Morgan fingerprint density at radius 3 is 2.33 bits per heavy atom. The van der Waals surface area contributed by atoms with E-state index in [-0.39, 0.29) is 0 Å². The summed E-state index contributed by atoms with van der Waals surface area (Å²) in [7, 11) is 0. The molecule has 1 heteroatoms. The van der Waals surface area contributed by atoms with E-state index in [1.807, 2.05) is 18.2 Å². The fourth-order valence-electron chi connectivity index (χ4n) is 1.12. The van der Waals surface area contributed by atoms with Crippen LogP contribution in [-0.2, 0) is 0 Å². The van der Waals surface area contributed by atoms with Crippen molar-refractivity contribution in [2.75, 3.05) is 0 Å². The molecule has 0 amide bonds. The lowest BCUT2D eigenvalue weighted by atomic mass is 10.2. The van der Waals surface area contributed by atoms with Crippen LogP contribution in [-0.4, -0.2) is 0 Å². The van der Waals surface area contributed by atoms with Crippen LogP contribution in [0.15, 0.2) is 36.5 Å². The highest BCUT2D eigenvalue weighted by Crippen LogP contribution is 1.98. The molecule has 0 N–H and O–H groups in total. The van der Waals surface area contributed by atoms with Gasteiger partial charge in [-0.15, -0.1) is 0 Å². The van der Waals surface area contributed by atoms with Gasteiger partial charge in [0.15, 0.2) is 0 Å². The summed E-state index contributed by atoms with van der Waals surface area (Å²) >= 11 is 0. The van der Waals surface area contributed by atoms with Crippen LogP contribution in [0, 0.1) is 11.3 Å². The molecule has 1 nitrogen and oxygen atoms in total. The third-order valence-electron chi connectivity index (χ3n) is 1.98. The zero-order chi connectivity index (χ0) is 11.2. The van der Waals surface area contributed by atoms with Crippen LogP contribution in [0.5, 0.6) is 0 Å². The molecule has 0 bridgehead atoms. The third kappa shape index (κ3) is 12.7. The van der Waals surface area contributed by atoms with Crippen molar-refractivity contribution in [2.24, 2.45) is 0 Å². The van der Waals surface area contributed by atoms with Crippen molar-refractivity contribution in [3.63, 3.8) is 0 Å². The smallest absolute Gasteiger partial charge is 0.0663 e. The first-order valence-electron chi connectivity index (χ1n) is 5.75. The minimum atomic E-state index is 0.501. The number of unbranched alkanes of at least 4 members (excludes halogenated alkanes) is 3. The highest BCUT2D eigenvalue weighted by atomic mass is 14.2. The van der Waals surface area contributed by atoms with Crippen molar-refractivity contribution >= 4 is 0 Å². The zero-order valence-corrected chi connectivity index (χ0v) is 9.65. The van der Waals surface area contributed by atoms with Crippen LogP contribution in [0.1, 0.15) is 45.4 Å². The van der Waals surface area contributed by atoms with E-state index in [1.165, 1.54) is 19.3 Å². The summed E-state index contributed by atoms with van der Waals surface area (Å²) in [4.78, 5) is 0. The molecule has 0 rings (SSSR count). The van der Waals surface area contributed by atoms with Crippen LogP contribution in [0.3, 0.4) is 0 Å². The molecule has 0 aromatic rings. The molecule has 0 aliphatic rings. The van der Waals surface area contributed by atoms with E-state index in [9.17, 15) is 0 Å². The minimum absolute atomic E-state index is 0.501. The Bertz CT molecular complexity index is 241. The van der Waals surface area contributed by atoms with E-state index in [0.29, 0.717) is 6.42 Å². The second-order valence-electron chi connectivity index (χ2n) is 3.41. The SMILES string of the molecule is CCCC/C=C/CC/C=C/C=C/CC#N. The van der Waals surface area contributed by atoms with E-state index in [0.717, 1.165) is 12.8 Å². The number of hydrogen-bond acceptors (Lipinski definition) is 1. The fourth-order valence-corrected chi connectivity index (χ4v) is 1.12. The first-order chi connectivity index (χ1) is 7.41. The summed E-state index contributed by atoms with van der Waals surface area (Å²) in [5, 5.41) is 8.28. The van der Waals surface area contributed by atoms with Crippen molar-refractivity contribution in [1.82, 2.24) is 0 Å². The van der Waals surface area contributed by atoms with Gasteiger partial charge in [-0.25, -0.2) is 0 Å². The normalized spacial score (nSPS) is 11.7. The molecule has 0 saturated carbocycles. The summed E-state index contributed by atoms with van der Waals surface area (Å²) in [5.41, 5.74) is 0. The Hall–Kier alpha value is -1.29. The summed E-state index contributed by atoms with van der Waals surface area (Å²) in [6.07, 6.45) is 18.9. The Morgan fingerprint density at radius 2 is 1.60 bits per heavy atom. The van der Waals surface area contributed by atoms with Crippen molar-refractivity contribution < 1.29 is 0 Å². The second-order valence-corrected chi connectivity index (χ2v) is 3.41. The van der Waals surface area contributed by atoms with Crippen molar-refractivity contribution in [3.05, 3.63) is 36.5 Å². The molecular weight excluding hydrogens is 182 g/mol. The lowest BCUT2D eigenvalue weighted by Gasteiger charge is -1.88. The van der Waals surface area contributed by atoms with Gasteiger partial charge in [0, 0.05) is 0 Å². The van der Waals surface area contributed by atoms with Gasteiger partial charge in [0.2, 0.25) is 0 Å². The van der Waals surface area contributed by atoms with Crippen molar-refractivity contribution in [3.8, 4) is 6.07 Å². The van der Waals surface area contributed by atoms with E-state index in [2.05, 4.69) is 31.2 Å². The molecule has 0 unspecified atom stereocenters. The topological polar surface area (TPSA) is 23.8 Å². The molecule has 0 fully saturated rings. The number of nitriles is 1. The third-order valence-corrected chi connectivity index (χ3v) is 1.98. The van der Waals surface area contributed by atoms with Gasteiger partial charge < -0.3 is 0 Å². The Labute approximate surface area is 93.8 Å². The van der Waals surface area contributed by atoms with E-state index >= 15 is 0 Å². The molecule has 15 heavy (non-hydrogen) atoms. The molecule has 0 aliphatic heterocycles. The van der Waals surface area contributed by atoms with Crippen molar-refractivity contribution in [2.45, 2.75) is 45.4 Å². The number of nitrogens with zero attached hydrogens (tertiary/aromatic N) is 1. The summed E-state index contributed by atoms with van der Waals surface area (Å²) in [6.45, 7) is 2.21. The van der Waals surface area contributed by atoms with Gasteiger partial charge in [-0.3, -0.25) is 0 Å². The standard InChI is InChI=1S/C14H21N/c1-2-3-4-5-6-7-8-9-10-11-12-13-14-15/h5-6,9-12H,2-4,7-8,13H2,1H3/b6-5+,10-9+,12-11+. The number of hydrogen-bond donors (Lipinski definition) is 0. The molecule has 0 heterocycles. The van der Waals surface area contributed by atoms with Crippen LogP contribution in [0.4, 0.5) is 0 Å². The highest BCUT2D eigenvalue weighted by molar-refractivity contribution is 5.05. The minimum Gasteiger partial charge on any atom is -0.198 e. The van der Waals surface area contributed by atoms with Gasteiger partial charge in [-0.1, -0.05) is 56.2 Å². The lowest BCUT2D eigenvalue weighted by Crippen LogP contribution is -1.68. The summed E-state index contributed by atoms with van der Waals surface area (Å²) < 4.78 is 0. The molecule has 82 valence electrons. The molecule has 0 aromatic carbocycles. The van der Waals surface area contributed by atoms with Crippen LogP contribution >= 0.6 is 0 Å². The van der Waals surface area contributed by atoms with Gasteiger partial charge in [-0.05, 0) is 19.3 Å². The molecule has 0 aromatic heterocycles. The van der Waals surface area contributed by atoms with Gasteiger partial charge in [-0.2, -0.15) is 5.26 Å². The van der Waals surface area contributed by atoms with Gasteiger partial charge in [0.1, 0.15) is 0 Å². The first kappa shape index (κ1) is 13.7. The van der Waals surface area contributed by atoms with Gasteiger partial charge >= 0.3 is 0 Å². The van der Waals surface area contributed by atoms with Gasteiger partial charge in [0.05, 0.1) is 12.5 Å². The largest absolute Gasteiger partial charge is 0.198 e. The molecule has 0 radical (unpaired) electrons. The average molecular weight is 203 g/mol. The highest BCUT2D eigenvalue weighted by Gasteiger charge is 1.78. The maximum atomic E-state index is 8.28. The second kappa shape index (κ2) is 12.7. The molecular formula is C14H21N. The first-order valence-corrected chi connectivity index (χ1v) is 5.75. The maximum Gasteiger partial charge on any atom is 0.0663 e. The van der Waals surface area contributed by atoms with Crippen LogP contribution < -0.4 is 0 Å². The predicted molar refractivity (Wildman–Crippen MR) is 66.4 cm³/mol. The van der Waals surface area contributed by atoms with E-state index in [4.69, 9.17) is 5.26 Å². The Kier molecular flexibility index (Phi) is 11.6. The monoisotopic (exact) mass is 203 g/mol. The van der Waals surface area contributed by atoms with E-state index in [1.54, 1.807) is 0 Å². The summed E-state index contributed by atoms with van der Waals surface area (Å²) in [6, 6.07) is 2.07. The van der Waals surface area contributed by atoms with Gasteiger partial charge in [0.25, 0.3) is 0 Å². The zero-order valence-electron chi connectivity index (χ0n) is 9.65. The van der Waals surface area contributed by atoms with Crippen molar-refractivity contribution in [1.29, 1.82) is 5.26 Å². The lowest BCUT2D eigenvalue weighted by molar-refractivity contribution is 0.811. The maximum absolute atomic E-state index is 8.28. The average Bonchev–Trinajstić information content (AvgIpc) is 2.26. The summed E-state index contributed by atoms with van der Waals surface area (Å²) in [5.74, 6) is 0. The Morgan fingerprint density at radius 1 is 0.933 bits per heavy atom. The molecule has 0 aliphatic carbocycles. The predicted octanol–water partition coefficient (Wildman–Crippen LogP) is 4.54. The van der Waals surface area contributed by atoms with E-state index < -0.39 is 0 Å². The molecule has 0 atom stereocenters. The Balaban J connectivity index is 3.30. The quantitative estimate of drug-likeness (QED) is 0.323. The fraction of sp³-hybridized carbons (Fsp3) is 0.500. The van der Waals surface area contributed by atoms with Crippen LogP contribution in [0.25, 0.3) is 0 Å². The molecule has 0 saturated heterocycles.